The molecule has 1 aromatic carbocycles. The van der Waals surface area contributed by atoms with Crippen molar-refractivity contribution in [2.24, 2.45) is 11.3 Å². The average molecular weight is 653 g/mol. The second-order valence-electron chi connectivity index (χ2n) is 14.3. The number of nitrogens with zero attached hydrogens (tertiary/aromatic N) is 3. The van der Waals surface area contributed by atoms with E-state index in [1.54, 1.807) is 0 Å². The Hall–Kier alpha value is -3.98. The lowest BCUT2D eigenvalue weighted by Crippen LogP contribution is -2.47. The Morgan fingerprint density at radius 3 is 2.44 bits per heavy atom. The maximum atomic E-state index is 13.9. The Morgan fingerprint density at radius 1 is 1.00 bits per heavy atom. The van der Waals surface area contributed by atoms with Crippen LogP contribution < -0.4 is 21.1 Å². The quantitative estimate of drug-likeness (QED) is 0.210. The van der Waals surface area contributed by atoms with E-state index >= 15 is 0 Å². The molecule has 3 aliphatic rings. The SMILES string of the molecule is CCCc1cc(C)[nH]c(=O)c1CNC(=O)c1cc(-c2ccnc(N3CCN(CC4CC4)CC3)c2)cc(NC(=O)C2(CC)CCCC2)c1C. The van der Waals surface area contributed by atoms with Crippen molar-refractivity contribution in [2.45, 2.75) is 92.0 Å². The summed E-state index contributed by atoms with van der Waals surface area (Å²) in [6.45, 7) is 13.2. The summed E-state index contributed by atoms with van der Waals surface area (Å²) in [5.41, 5.74) is 5.42. The molecule has 3 fully saturated rings. The number of hydrogen-bond acceptors (Lipinski definition) is 6. The van der Waals surface area contributed by atoms with Gasteiger partial charge in [0.05, 0.1) is 0 Å². The first-order valence-corrected chi connectivity index (χ1v) is 18.1. The summed E-state index contributed by atoms with van der Waals surface area (Å²) in [5, 5.41) is 6.30. The Bertz CT molecular complexity index is 1700. The summed E-state index contributed by atoms with van der Waals surface area (Å²) in [6.07, 6.45) is 10.9. The number of rotatable bonds is 12. The topological polar surface area (TPSA) is 110 Å². The Kier molecular flexibility index (Phi) is 10.3. The molecule has 2 aliphatic carbocycles. The lowest BCUT2D eigenvalue weighted by Gasteiger charge is -2.35. The fourth-order valence-electron chi connectivity index (χ4n) is 7.63. The minimum atomic E-state index is -0.376. The zero-order valence-electron chi connectivity index (χ0n) is 29.2. The van der Waals surface area contributed by atoms with Gasteiger partial charge in [-0.05, 0) is 111 Å². The molecular formula is C39H52N6O3. The number of anilines is 2. The first-order chi connectivity index (χ1) is 23.2. The van der Waals surface area contributed by atoms with Crippen LogP contribution in [0.5, 0.6) is 0 Å². The summed E-state index contributed by atoms with van der Waals surface area (Å²) in [4.78, 5) is 53.2. The number of amides is 2. The summed E-state index contributed by atoms with van der Waals surface area (Å²) in [7, 11) is 0. The molecule has 3 N–H and O–H groups in total. The van der Waals surface area contributed by atoms with E-state index in [2.05, 4.69) is 45.3 Å². The minimum Gasteiger partial charge on any atom is -0.354 e. The van der Waals surface area contributed by atoms with E-state index in [1.165, 1.54) is 19.4 Å². The van der Waals surface area contributed by atoms with Crippen LogP contribution in [0.2, 0.25) is 0 Å². The molecule has 9 nitrogen and oxygen atoms in total. The summed E-state index contributed by atoms with van der Waals surface area (Å²) < 4.78 is 0. The molecule has 2 aromatic heterocycles. The van der Waals surface area contributed by atoms with Crippen molar-refractivity contribution in [2.75, 3.05) is 42.9 Å². The highest BCUT2D eigenvalue weighted by molar-refractivity contribution is 6.02. The Balaban J connectivity index is 1.29. The summed E-state index contributed by atoms with van der Waals surface area (Å²) in [5.74, 6) is 1.56. The molecule has 0 atom stereocenters. The van der Waals surface area contributed by atoms with Gasteiger partial charge in [0.25, 0.3) is 11.5 Å². The summed E-state index contributed by atoms with van der Waals surface area (Å²) in [6, 6.07) is 9.97. The van der Waals surface area contributed by atoms with Gasteiger partial charge >= 0.3 is 0 Å². The molecule has 0 radical (unpaired) electrons. The van der Waals surface area contributed by atoms with Crippen molar-refractivity contribution in [3.63, 3.8) is 0 Å². The first-order valence-electron chi connectivity index (χ1n) is 18.1. The van der Waals surface area contributed by atoms with Crippen LogP contribution in [0.3, 0.4) is 0 Å². The molecule has 0 bridgehead atoms. The van der Waals surface area contributed by atoms with Crippen LogP contribution in [-0.4, -0.2) is 59.4 Å². The minimum absolute atomic E-state index is 0.0315. The van der Waals surface area contributed by atoms with E-state index < -0.39 is 0 Å². The van der Waals surface area contributed by atoms with Crippen molar-refractivity contribution < 1.29 is 9.59 Å². The fraction of sp³-hybridized carbons (Fsp3) is 0.538. The van der Waals surface area contributed by atoms with Crippen LogP contribution >= 0.6 is 0 Å². The van der Waals surface area contributed by atoms with Crippen molar-refractivity contribution in [1.82, 2.24) is 20.2 Å². The molecule has 0 unspecified atom stereocenters. The second kappa shape index (κ2) is 14.6. The van der Waals surface area contributed by atoms with Gasteiger partial charge in [-0.3, -0.25) is 19.3 Å². The molecule has 2 saturated carbocycles. The maximum Gasteiger partial charge on any atom is 0.253 e. The number of carbonyl (C=O) groups is 2. The van der Waals surface area contributed by atoms with E-state index in [4.69, 9.17) is 4.98 Å². The smallest absolute Gasteiger partial charge is 0.253 e. The molecule has 6 rings (SSSR count). The zero-order valence-corrected chi connectivity index (χ0v) is 29.2. The van der Waals surface area contributed by atoms with E-state index in [-0.39, 0.29) is 29.3 Å². The van der Waals surface area contributed by atoms with Crippen LogP contribution in [0.15, 0.2) is 41.3 Å². The Morgan fingerprint density at radius 2 is 1.75 bits per heavy atom. The van der Waals surface area contributed by atoms with Gasteiger partial charge in [-0.15, -0.1) is 0 Å². The molecule has 1 saturated heterocycles. The molecule has 9 heteroatoms. The number of H-pyrrole nitrogens is 1. The van der Waals surface area contributed by atoms with Gasteiger partial charge in [0.15, 0.2) is 0 Å². The molecule has 3 heterocycles. The lowest BCUT2D eigenvalue weighted by atomic mass is 9.82. The molecule has 3 aromatic rings. The zero-order chi connectivity index (χ0) is 33.8. The van der Waals surface area contributed by atoms with E-state index in [0.29, 0.717) is 22.4 Å². The highest BCUT2D eigenvalue weighted by Gasteiger charge is 2.39. The number of carbonyl (C=O) groups excluding carboxylic acids is 2. The van der Waals surface area contributed by atoms with Gasteiger partial charge in [-0.1, -0.05) is 33.1 Å². The van der Waals surface area contributed by atoms with Gasteiger partial charge in [-0.2, -0.15) is 0 Å². The van der Waals surface area contributed by atoms with E-state index in [0.717, 1.165) is 105 Å². The van der Waals surface area contributed by atoms with Crippen LogP contribution in [0.1, 0.15) is 98.0 Å². The highest BCUT2D eigenvalue weighted by Crippen LogP contribution is 2.42. The Labute approximate surface area is 284 Å². The van der Waals surface area contributed by atoms with E-state index in [1.807, 2.05) is 44.3 Å². The second-order valence-corrected chi connectivity index (χ2v) is 14.3. The first kappa shape index (κ1) is 33.9. The lowest BCUT2D eigenvalue weighted by molar-refractivity contribution is -0.125. The third-order valence-electron chi connectivity index (χ3n) is 10.9. The normalized spacial score (nSPS) is 17.8. The van der Waals surface area contributed by atoms with Gasteiger partial charge < -0.3 is 20.5 Å². The number of pyridine rings is 2. The molecule has 48 heavy (non-hydrogen) atoms. The van der Waals surface area contributed by atoms with Gasteiger partial charge in [0, 0.05) is 73.4 Å². The van der Waals surface area contributed by atoms with E-state index in [9.17, 15) is 14.4 Å². The maximum absolute atomic E-state index is 13.9. The van der Waals surface area contributed by atoms with Crippen LogP contribution in [-0.2, 0) is 17.8 Å². The van der Waals surface area contributed by atoms with Crippen molar-refractivity contribution in [1.29, 1.82) is 0 Å². The third kappa shape index (κ3) is 7.51. The molecule has 1 aliphatic heterocycles. The van der Waals surface area contributed by atoms with Gasteiger partial charge in [0.1, 0.15) is 5.82 Å². The van der Waals surface area contributed by atoms with Gasteiger partial charge in [-0.25, -0.2) is 4.98 Å². The number of aromatic amines is 1. The van der Waals surface area contributed by atoms with Gasteiger partial charge in [0.2, 0.25) is 5.91 Å². The monoisotopic (exact) mass is 652 g/mol. The van der Waals surface area contributed by atoms with Crippen LogP contribution in [0.25, 0.3) is 11.1 Å². The molecular weight excluding hydrogens is 600 g/mol. The number of aromatic nitrogens is 2. The van der Waals surface area contributed by atoms with Crippen LogP contribution in [0, 0.1) is 25.2 Å². The van der Waals surface area contributed by atoms with Crippen LogP contribution in [0.4, 0.5) is 11.5 Å². The predicted octanol–water partition coefficient (Wildman–Crippen LogP) is 6.38. The summed E-state index contributed by atoms with van der Waals surface area (Å²) >= 11 is 0. The molecule has 2 amide bonds. The number of hydrogen-bond donors (Lipinski definition) is 3. The molecule has 256 valence electrons. The standard InChI is InChI=1S/C39H52N6O3/c1-5-9-30-20-26(3)42-37(47)33(30)24-41-36(46)32-21-31(22-34(27(32)4)43-38(48)39(6-2)13-7-8-14-39)29-12-15-40-35(23-29)45-18-16-44(17-19-45)25-28-10-11-28/h12,15,20-23,28H,5-11,13-14,16-19,24-25H2,1-4H3,(H,41,46)(H,42,47)(H,43,48). The highest BCUT2D eigenvalue weighted by atomic mass is 16.2. The van der Waals surface area contributed by atoms with Crippen molar-refractivity contribution >= 4 is 23.3 Å². The van der Waals surface area contributed by atoms with Crippen molar-refractivity contribution in [3.05, 3.63) is 74.8 Å². The average Bonchev–Trinajstić information content (AvgIpc) is 3.76. The predicted molar refractivity (Wildman–Crippen MR) is 193 cm³/mol. The number of aryl methyl sites for hydroxylation is 2. The molecule has 0 spiro atoms. The number of nitrogens with one attached hydrogen (secondary N) is 3. The third-order valence-corrected chi connectivity index (χ3v) is 10.9. The fourth-order valence-corrected chi connectivity index (χ4v) is 7.63. The number of piperazine rings is 1. The largest absolute Gasteiger partial charge is 0.354 e. The van der Waals surface area contributed by atoms with Crippen molar-refractivity contribution in [3.8, 4) is 11.1 Å². The number of benzene rings is 1.